The second-order valence-electron chi connectivity index (χ2n) is 13.3. The molecule has 3 heterocycles. The largest absolute Gasteiger partial charge is 0.507 e. The van der Waals surface area contributed by atoms with Crippen molar-refractivity contribution in [2.45, 2.75) is 50.4 Å². The molecule has 1 saturated heterocycles. The molecule has 4 amide bonds. The Morgan fingerprint density at radius 2 is 1.81 bits per heavy atom. The number of carbonyl (C=O) groups excluding carboxylic acids is 4. The van der Waals surface area contributed by atoms with Crippen molar-refractivity contribution >= 4 is 62.0 Å². The molecule has 0 radical (unpaired) electrons. The molecule has 282 valence electrons. The standard InChI is InChI=1S/C36H45N7O8SSi/c1-36(2,3)51-35(48)39-16-15-38-34(47)41-26-21-53(42(5)30(26)37-4)20-24-19-52-32-28(40-17-23-9-7-8-10-27(23)44)31(45)43(32)29(24)33(46)50-18-22-11-13-25(49-6)14-12-22/h7-14,17,21,28,32,37,44H,15-16,18-20H2,1-6H3,(H,39,48)(H2,38,41,47)/t28-,32-/m1/s1. The first-order chi connectivity index (χ1) is 25.3. The van der Waals surface area contributed by atoms with E-state index >= 15 is 0 Å². The van der Waals surface area contributed by atoms with Gasteiger partial charge in [0.2, 0.25) is 0 Å². The van der Waals surface area contributed by atoms with Gasteiger partial charge in [-0.15, -0.1) is 11.8 Å². The summed E-state index contributed by atoms with van der Waals surface area (Å²) in [5.74, 6) is 0.944. The van der Waals surface area contributed by atoms with Gasteiger partial charge < -0.3 is 44.8 Å². The molecular formula is C36H45N7O8SSi. The number of aromatic nitrogens is 1. The first-order valence-corrected chi connectivity index (χ1v) is 19.7. The third kappa shape index (κ3) is 9.58. The van der Waals surface area contributed by atoms with Gasteiger partial charge in [0.15, 0.2) is 6.04 Å². The molecule has 15 nitrogen and oxygen atoms in total. The number of nitrogens with zero attached hydrogens (tertiary/aromatic N) is 3. The van der Waals surface area contributed by atoms with E-state index in [-0.39, 0.29) is 37.1 Å². The first kappa shape index (κ1) is 38.9. The number of para-hydroxylation sites is 1. The van der Waals surface area contributed by atoms with Gasteiger partial charge in [0.05, 0.1) is 12.8 Å². The maximum Gasteiger partial charge on any atom is 0.407 e. The molecule has 1 fully saturated rings. The number of nitrogens with one attached hydrogen (secondary N) is 4. The fourth-order valence-corrected chi connectivity index (χ4v) is 9.59. The van der Waals surface area contributed by atoms with Gasteiger partial charge >= 0.3 is 18.1 Å². The van der Waals surface area contributed by atoms with Crippen LogP contribution in [-0.4, -0.2) is 103 Å². The fourth-order valence-electron chi connectivity index (χ4n) is 5.75. The monoisotopic (exact) mass is 763 g/mol. The fraction of sp³-hybridized carbons (Fsp3) is 0.389. The number of urea groups is 1. The molecule has 2 aliphatic heterocycles. The molecule has 1 aromatic heterocycles. The Morgan fingerprint density at radius 3 is 2.49 bits per heavy atom. The van der Waals surface area contributed by atoms with Crippen LogP contribution in [0.4, 0.5) is 21.1 Å². The predicted octanol–water partition coefficient (Wildman–Crippen LogP) is 3.85. The molecule has 2 aromatic carbocycles. The van der Waals surface area contributed by atoms with Crippen LogP contribution in [0.1, 0.15) is 31.9 Å². The number of ether oxygens (including phenoxy) is 3. The number of carbonyl (C=O) groups is 4. The molecule has 0 aliphatic carbocycles. The number of benzene rings is 2. The van der Waals surface area contributed by atoms with Gasteiger partial charge in [-0.3, -0.25) is 14.7 Å². The number of anilines is 2. The van der Waals surface area contributed by atoms with Crippen molar-refractivity contribution in [3.05, 3.63) is 76.6 Å². The maximum absolute atomic E-state index is 13.9. The summed E-state index contributed by atoms with van der Waals surface area (Å²) in [4.78, 5) is 58.2. The number of esters is 1. The van der Waals surface area contributed by atoms with E-state index in [0.717, 1.165) is 11.1 Å². The number of phenols is 1. The highest BCUT2D eigenvalue weighted by atomic mass is 32.2. The lowest BCUT2D eigenvalue weighted by atomic mass is 10.0. The van der Waals surface area contributed by atoms with E-state index in [1.54, 1.807) is 83.5 Å². The van der Waals surface area contributed by atoms with Crippen LogP contribution >= 0.6 is 11.8 Å². The van der Waals surface area contributed by atoms with Gasteiger partial charge in [-0.2, -0.15) is 0 Å². The van der Waals surface area contributed by atoms with Crippen LogP contribution in [0.3, 0.4) is 0 Å². The van der Waals surface area contributed by atoms with Crippen molar-refractivity contribution in [1.82, 2.24) is 19.8 Å². The normalized spacial score (nSPS) is 16.8. The lowest BCUT2D eigenvalue weighted by Gasteiger charge is -2.48. The number of aliphatic imine (C=N–C) groups is 1. The Hall–Kier alpha value is -5.29. The molecule has 17 heteroatoms. The second kappa shape index (κ2) is 17.0. The molecule has 2 atom stereocenters. The van der Waals surface area contributed by atoms with Crippen molar-refractivity contribution < 1.29 is 38.5 Å². The van der Waals surface area contributed by atoms with Crippen LogP contribution in [-0.2, 0) is 38.8 Å². The number of methoxy groups -OCH3 is 1. The minimum Gasteiger partial charge on any atom is -0.507 e. The number of fused-ring (bicyclic) bond motifs is 1. The third-order valence-corrected chi connectivity index (χ3v) is 12.2. The van der Waals surface area contributed by atoms with Crippen molar-refractivity contribution in [2.24, 2.45) is 12.0 Å². The third-order valence-electron chi connectivity index (χ3n) is 8.34. The smallest absolute Gasteiger partial charge is 0.407 e. The molecule has 0 unspecified atom stereocenters. The zero-order valence-electron chi connectivity index (χ0n) is 30.5. The topological polar surface area (TPSA) is 185 Å². The predicted molar refractivity (Wildman–Crippen MR) is 205 cm³/mol. The summed E-state index contributed by atoms with van der Waals surface area (Å²) in [6.45, 7) is 5.66. The quantitative estimate of drug-likeness (QED) is 0.0564. The van der Waals surface area contributed by atoms with Gasteiger partial charge in [0.25, 0.3) is 5.91 Å². The highest BCUT2D eigenvalue weighted by Gasteiger charge is 2.54. The van der Waals surface area contributed by atoms with E-state index in [9.17, 15) is 24.3 Å². The van der Waals surface area contributed by atoms with Crippen molar-refractivity contribution in [2.75, 3.05) is 43.6 Å². The Kier molecular flexibility index (Phi) is 12.5. The Labute approximate surface area is 313 Å². The highest BCUT2D eigenvalue weighted by Crippen LogP contribution is 2.43. The van der Waals surface area contributed by atoms with E-state index in [1.165, 1.54) is 22.9 Å². The van der Waals surface area contributed by atoms with E-state index in [4.69, 9.17) is 14.2 Å². The minimum atomic E-state index is -1.56. The number of amides is 4. The Morgan fingerprint density at radius 1 is 1.09 bits per heavy atom. The summed E-state index contributed by atoms with van der Waals surface area (Å²) in [5.41, 5.74) is 4.15. The molecule has 5 rings (SSSR count). The summed E-state index contributed by atoms with van der Waals surface area (Å²) < 4.78 is 18.3. The molecule has 2 aliphatic rings. The van der Waals surface area contributed by atoms with Gasteiger partial charge in [-0.1, -0.05) is 24.3 Å². The molecule has 0 spiro atoms. The van der Waals surface area contributed by atoms with Crippen LogP contribution < -0.4 is 26.0 Å². The van der Waals surface area contributed by atoms with Crippen LogP contribution in [0.2, 0.25) is 0 Å². The average Bonchev–Trinajstić information content (AvgIpc) is 3.41. The van der Waals surface area contributed by atoms with Gasteiger partial charge in [-0.05, 0) is 67.9 Å². The first-order valence-electron chi connectivity index (χ1n) is 17.0. The van der Waals surface area contributed by atoms with Gasteiger partial charge in [0, 0.05) is 44.7 Å². The lowest BCUT2D eigenvalue weighted by Crippen LogP contribution is -2.64. The summed E-state index contributed by atoms with van der Waals surface area (Å²) in [7, 11) is 3.67. The maximum atomic E-state index is 13.9. The summed E-state index contributed by atoms with van der Waals surface area (Å²) in [6, 6.07) is 13.2. The van der Waals surface area contributed by atoms with Crippen LogP contribution in [0.25, 0.3) is 0 Å². The molecular weight excluding hydrogens is 719 g/mol. The Bertz CT molecular complexity index is 1910. The molecule has 0 saturated carbocycles. The van der Waals surface area contributed by atoms with Crippen LogP contribution in [0.15, 0.2) is 70.5 Å². The zero-order valence-corrected chi connectivity index (χ0v) is 32.3. The van der Waals surface area contributed by atoms with Crippen molar-refractivity contribution in [3.63, 3.8) is 0 Å². The molecule has 3 aromatic rings. The van der Waals surface area contributed by atoms with Crippen LogP contribution in [0.5, 0.6) is 11.5 Å². The Balaban J connectivity index is 1.33. The van der Waals surface area contributed by atoms with E-state index < -0.39 is 43.7 Å². The van der Waals surface area contributed by atoms with E-state index in [1.807, 2.05) is 16.9 Å². The summed E-state index contributed by atoms with van der Waals surface area (Å²) in [5, 5.41) is 21.1. The summed E-state index contributed by atoms with van der Waals surface area (Å²) >= 11 is 1.52. The number of phenolic OH excluding ortho intramolecular Hbond substituents is 1. The minimum absolute atomic E-state index is 0.0000818. The zero-order chi connectivity index (χ0) is 38.3. The number of hydrogen-bond donors (Lipinski definition) is 5. The van der Waals surface area contributed by atoms with Crippen LogP contribution in [0, 0.1) is 0 Å². The van der Waals surface area contributed by atoms with E-state index in [0.29, 0.717) is 34.6 Å². The number of rotatable bonds is 13. The average molecular weight is 764 g/mol. The summed E-state index contributed by atoms with van der Waals surface area (Å²) in [6.07, 6.45) is 0.913. The van der Waals surface area contributed by atoms with E-state index in [2.05, 4.69) is 26.3 Å². The molecule has 5 N–H and O–H groups in total. The highest BCUT2D eigenvalue weighted by molar-refractivity contribution is 8.00. The van der Waals surface area contributed by atoms with Crippen molar-refractivity contribution in [3.8, 4) is 11.5 Å². The van der Waals surface area contributed by atoms with Gasteiger partial charge in [0.1, 0.15) is 49.2 Å². The number of aromatic hydroxyl groups is 1. The number of alkyl carbamates (subject to hydrolysis) is 1. The van der Waals surface area contributed by atoms with Gasteiger partial charge in [-0.25, -0.2) is 14.4 Å². The number of hydrogen-bond acceptors (Lipinski definition) is 11. The SMILES string of the molecule is CNc1c(NC(=O)NCCNC(=O)OC(C)(C)C)c[si](CC2=C(C(=O)OCc3ccc(OC)cc3)N3C(=O)[C@@H](N=Cc4ccccc4O)[C@H]3SC2)n1C. The molecule has 0 bridgehead atoms. The second-order valence-corrected chi connectivity index (χ2v) is 16.7. The number of β-lactam (4-membered cyclic amide) rings is 1. The van der Waals surface area contributed by atoms with Crippen molar-refractivity contribution in [1.29, 1.82) is 0 Å². The molecule has 53 heavy (non-hydrogen) atoms. The number of thioether (sulfide) groups is 1. The lowest BCUT2D eigenvalue weighted by molar-refractivity contribution is -0.151.